The standard InChI is InChI=1S/C48H40NPS2/c1-47(2)40-30-26-35(49-43-19-11-13-21-45(43)52-46-22-14-12-20-44(46)49)32-42(40)48(3,4)39-29-25-34(31-41(39)47)33-23-27-38(28-24-33)50(51,36-15-7-5-8-16-36)37-17-9-6-10-18-37/h5-32H,1-4H3. The number of nitrogens with zero attached hydrogens (tertiary/aromatic N) is 1. The zero-order valence-corrected chi connectivity index (χ0v) is 32.4. The van der Waals surface area contributed by atoms with Crippen molar-refractivity contribution in [3.8, 4) is 11.1 Å². The average molecular weight is 726 g/mol. The Balaban J connectivity index is 1.10. The molecule has 4 heteroatoms. The third kappa shape index (κ3) is 5.17. The molecule has 7 aromatic carbocycles. The largest absolute Gasteiger partial charge is 0.308 e. The first-order valence-corrected chi connectivity index (χ1v) is 21.6. The second-order valence-corrected chi connectivity index (χ2v) is 20.4. The van der Waals surface area contributed by atoms with Crippen LogP contribution in [0.15, 0.2) is 180 Å². The van der Waals surface area contributed by atoms with Crippen LogP contribution in [0.3, 0.4) is 0 Å². The summed E-state index contributed by atoms with van der Waals surface area (Å²) in [4.78, 5) is 5.01. The van der Waals surface area contributed by atoms with Crippen molar-refractivity contribution in [3.63, 3.8) is 0 Å². The van der Waals surface area contributed by atoms with Gasteiger partial charge in [-0.1, -0.05) is 179 Å². The van der Waals surface area contributed by atoms with Crippen LogP contribution in [0.25, 0.3) is 11.1 Å². The highest BCUT2D eigenvalue weighted by Gasteiger charge is 2.42. The molecule has 0 fully saturated rings. The third-order valence-electron chi connectivity index (χ3n) is 11.2. The molecule has 9 rings (SSSR count). The lowest BCUT2D eigenvalue weighted by Crippen LogP contribution is -2.36. The lowest BCUT2D eigenvalue weighted by atomic mass is 9.59. The van der Waals surface area contributed by atoms with Crippen LogP contribution < -0.4 is 20.8 Å². The molecule has 0 radical (unpaired) electrons. The monoisotopic (exact) mass is 725 g/mol. The summed E-state index contributed by atoms with van der Waals surface area (Å²) in [6.07, 6.45) is 0. The Labute approximate surface area is 317 Å². The number of rotatable bonds is 5. The minimum absolute atomic E-state index is 0.176. The molecular weight excluding hydrogens is 686 g/mol. The van der Waals surface area contributed by atoms with Crippen molar-refractivity contribution in [2.24, 2.45) is 0 Å². The minimum atomic E-state index is -2.20. The molecule has 0 saturated carbocycles. The fraction of sp³-hybridized carbons (Fsp3) is 0.125. The molecular formula is C48H40NPS2. The van der Waals surface area contributed by atoms with E-state index in [0.29, 0.717) is 0 Å². The molecule has 2 aliphatic rings. The van der Waals surface area contributed by atoms with Gasteiger partial charge in [0.15, 0.2) is 0 Å². The second-order valence-electron chi connectivity index (χ2n) is 14.9. The van der Waals surface area contributed by atoms with Crippen LogP contribution in [0.5, 0.6) is 0 Å². The van der Waals surface area contributed by atoms with Gasteiger partial charge in [0.25, 0.3) is 0 Å². The van der Waals surface area contributed by atoms with Gasteiger partial charge in [-0.2, -0.15) is 0 Å². The molecule has 1 heterocycles. The molecule has 0 bridgehead atoms. The SMILES string of the molecule is CC1(C)c2ccc(N3c4ccccc4Sc4ccccc43)cc2C(C)(C)c2ccc(-c3ccc(P(=S)(c4ccccc4)c4ccccc4)cc3)cc21. The van der Waals surface area contributed by atoms with Crippen LogP contribution in [0.2, 0.25) is 0 Å². The number of fused-ring (bicyclic) bond motifs is 4. The number of benzene rings is 7. The molecule has 1 nitrogen and oxygen atoms in total. The third-order valence-corrected chi connectivity index (χ3v) is 17.3. The fourth-order valence-corrected chi connectivity index (χ4v) is 13.2. The molecule has 7 aromatic rings. The molecule has 0 saturated heterocycles. The van der Waals surface area contributed by atoms with E-state index in [2.05, 4.69) is 202 Å². The molecule has 254 valence electrons. The highest BCUT2D eigenvalue weighted by atomic mass is 32.4. The van der Waals surface area contributed by atoms with Crippen LogP contribution in [0, 0.1) is 0 Å². The van der Waals surface area contributed by atoms with Gasteiger partial charge >= 0.3 is 0 Å². The first kappa shape index (κ1) is 33.2. The predicted octanol–water partition coefficient (Wildman–Crippen LogP) is 12.0. The van der Waals surface area contributed by atoms with E-state index in [1.165, 1.54) is 76.1 Å². The number of hydrogen-bond acceptors (Lipinski definition) is 3. The summed E-state index contributed by atoms with van der Waals surface area (Å²) >= 11 is 8.48. The van der Waals surface area contributed by atoms with Crippen molar-refractivity contribution < 1.29 is 0 Å². The van der Waals surface area contributed by atoms with Crippen molar-refractivity contribution in [3.05, 3.63) is 192 Å². The first-order chi connectivity index (χ1) is 25.2. The number of para-hydroxylation sites is 2. The van der Waals surface area contributed by atoms with Crippen LogP contribution in [-0.4, -0.2) is 0 Å². The van der Waals surface area contributed by atoms with Crippen LogP contribution in [0.4, 0.5) is 17.1 Å². The van der Waals surface area contributed by atoms with Crippen LogP contribution in [0.1, 0.15) is 49.9 Å². The summed E-state index contributed by atoms with van der Waals surface area (Å²) in [6, 6.07) is 60.1. The van der Waals surface area contributed by atoms with E-state index < -0.39 is 6.04 Å². The van der Waals surface area contributed by atoms with E-state index in [1.807, 2.05) is 11.8 Å². The minimum Gasteiger partial charge on any atom is -0.308 e. The van der Waals surface area contributed by atoms with Gasteiger partial charge in [0.1, 0.15) is 0 Å². The van der Waals surface area contributed by atoms with Gasteiger partial charge in [0.05, 0.1) is 11.4 Å². The smallest absolute Gasteiger partial charge is 0.0601 e. The number of anilines is 3. The molecule has 1 aliphatic carbocycles. The van der Waals surface area contributed by atoms with Crippen molar-refractivity contribution >= 4 is 62.6 Å². The molecule has 52 heavy (non-hydrogen) atoms. The first-order valence-electron chi connectivity index (χ1n) is 18.0. The van der Waals surface area contributed by atoms with Crippen LogP contribution in [-0.2, 0) is 22.6 Å². The molecule has 0 amide bonds. The van der Waals surface area contributed by atoms with Crippen molar-refractivity contribution in [2.45, 2.75) is 48.3 Å². The van der Waals surface area contributed by atoms with Gasteiger partial charge in [-0.05, 0) is 91.8 Å². The Morgan fingerprint density at radius 2 is 0.885 bits per heavy atom. The summed E-state index contributed by atoms with van der Waals surface area (Å²) in [6.45, 7) is 9.58. The average Bonchev–Trinajstić information content (AvgIpc) is 3.19. The summed E-state index contributed by atoms with van der Waals surface area (Å²) in [5.74, 6) is 0. The zero-order chi connectivity index (χ0) is 35.7. The lowest BCUT2D eigenvalue weighted by Gasteiger charge is -2.45. The molecule has 1 aliphatic heterocycles. The Kier molecular flexibility index (Phi) is 7.97. The Hall–Kier alpha value is -4.66. The van der Waals surface area contributed by atoms with E-state index in [0.717, 1.165) is 0 Å². The van der Waals surface area contributed by atoms with Gasteiger partial charge in [-0.3, -0.25) is 0 Å². The highest BCUT2D eigenvalue weighted by Crippen LogP contribution is 2.55. The van der Waals surface area contributed by atoms with Gasteiger partial charge in [0.2, 0.25) is 0 Å². The van der Waals surface area contributed by atoms with Gasteiger partial charge in [-0.25, -0.2) is 0 Å². The quantitative estimate of drug-likeness (QED) is 0.163. The summed E-state index contributed by atoms with van der Waals surface area (Å²) in [5, 5.41) is 3.65. The Morgan fingerprint density at radius 1 is 0.442 bits per heavy atom. The topological polar surface area (TPSA) is 3.24 Å². The van der Waals surface area contributed by atoms with Gasteiger partial charge in [-0.15, -0.1) is 0 Å². The molecule has 0 atom stereocenters. The molecule has 0 N–H and O–H groups in total. The Morgan fingerprint density at radius 3 is 1.44 bits per heavy atom. The van der Waals surface area contributed by atoms with E-state index in [9.17, 15) is 0 Å². The van der Waals surface area contributed by atoms with Gasteiger partial charge in [0, 0.05) is 32.3 Å². The van der Waals surface area contributed by atoms with E-state index >= 15 is 0 Å². The van der Waals surface area contributed by atoms with E-state index in [-0.39, 0.29) is 10.8 Å². The maximum Gasteiger partial charge on any atom is 0.0601 e. The van der Waals surface area contributed by atoms with Crippen molar-refractivity contribution in [1.29, 1.82) is 0 Å². The maximum atomic E-state index is 6.63. The summed E-state index contributed by atoms with van der Waals surface area (Å²) in [5.41, 5.74) is 11.3. The summed E-state index contributed by atoms with van der Waals surface area (Å²) < 4.78 is 0. The number of hydrogen-bond donors (Lipinski definition) is 0. The highest BCUT2D eigenvalue weighted by molar-refractivity contribution is 8.25. The van der Waals surface area contributed by atoms with Crippen molar-refractivity contribution in [2.75, 3.05) is 4.90 Å². The second kappa shape index (κ2) is 12.5. The molecule has 0 unspecified atom stereocenters. The van der Waals surface area contributed by atoms with Crippen molar-refractivity contribution in [1.82, 2.24) is 0 Å². The van der Waals surface area contributed by atoms with E-state index in [4.69, 9.17) is 11.8 Å². The fourth-order valence-electron chi connectivity index (χ4n) is 8.38. The van der Waals surface area contributed by atoms with E-state index in [1.54, 1.807) is 0 Å². The molecule has 0 spiro atoms. The predicted molar refractivity (Wildman–Crippen MR) is 227 cm³/mol. The zero-order valence-electron chi connectivity index (χ0n) is 29.9. The maximum absolute atomic E-state index is 6.63. The normalized spacial score (nSPS) is 15.2. The van der Waals surface area contributed by atoms with Crippen LogP contribution >= 0.6 is 17.8 Å². The Bertz CT molecular complexity index is 2430. The van der Waals surface area contributed by atoms with Gasteiger partial charge < -0.3 is 4.90 Å². The summed E-state index contributed by atoms with van der Waals surface area (Å²) in [7, 11) is 0. The molecule has 0 aromatic heterocycles. The lowest BCUT2D eigenvalue weighted by molar-refractivity contribution is 0.521.